The van der Waals surface area contributed by atoms with Gasteiger partial charge in [-0.15, -0.1) is 0 Å². The molecule has 0 saturated carbocycles. The van der Waals surface area contributed by atoms with Crippen molar-refractivity contribution in [2.24, 2.45) is 12.8 Å². The molecule has 1 aromatic carbocycles. The van der Waals surface area contributed by atoms with Gasteiger partial charge >= 0.3 is 0 Å². The maximum absolute atomic E-state index is 13.1. The number of aromatic nitrogens is 2. The Morgan fingerprint density at radius 2 is 1.85 bits per heavy atom. The summed E-state index contributed by atoms with van der Waals surface area (Å²) in [4.78, 5) is 39.3. The number of amides is 2. The minimum atomic E-state index is -0.861. The number of hydrogen-bond acceptors (Lipinski definition) is 5. The third kappa shape index (κ3) is 3.41. The van der Waals surface area contributed by atoms with Crippen LogP contribution in [-0.4, -0.2) is 52.2 Å². The molecule has 1 aromatic heterocycles. The van der Waals surface area contributed by atoms with E-state index in [9.17, 15) is 18.8 Å². The first-order valence-electron chi connectivity index (χ1n) is 8.02. The lowest BCUT2D eigenvalue weighted by Gasteiger charge is -2.40. The molecule has 0 bridgehead atoms. The second kappa shape index (κ2) is 6.95. The Hall–Kier alpha value is -3.23. The van der Waals surface area contributed by atoms with Crippen molar-refractivity contribution >= 4 is 17.5 Å². The zero-order valence-electron chi connectivity index (χ0n) is 14.1. The van der Waals surface area contributed by atoms with Crippen molar-refractivity contribution in [3.8, 4) is 0 Å². The fourth-order valence-corrected chi connectivity index (χ4v) is 2.92. The third-order valence-electron chi connectivity index (χ3n) is 4.34. The van der Waals surface area contributed by atoms with Gasteiger partial charge in [0.1, 0.15) is 17.6 Å². The van der Waals surface area contributed by atoms with Crippen LogP contribution in [0.2, 0.25) is 0 Å². The average Bonchev–Trinajstić information content (AvgIpc) is 2.63. The number of primary amides is 1. The first kappa shape index (κ1) is 17.6. The van der Waals surface area contributed by atoms with Crippen LogP contribution in [0.25, 0.3) is 0 Å². The Kier molecular flexibility index (Phi) is 4.70. The molecule has 0 aliphatic carbocycles. The van der Waals surface area contributed by atoms with Crippen LogP contribution in [0.3, 0.4) is 0 Å². The van der Waals surface area contributed by atoms with E-state index >= 15 is 0 Å². The lowest BCUT2D eigenvalue weighted by Crippen LogP contribution is -2.60. The van der Waals surface area contributed by atoms with Gasteiger partial charge in [-0.1, -0.05) is 0 Å². The number of benzene rings is 1. The predicted molar refractivity (Wildman–Crippen MR) is 92.1 cm³/mol. The van der Waals surface area contributed by atoms with Crippen LogP contribution in [-0.2, 0) is 11.8 Å². The van der Waals surface area contributed by atoms with E-state index in [0.717, 1.165) is 10.4 Å². The van der Waals surface area contributed by atoms with Crippen molar-refractivity contribution < 1.29 is 14.0 Å². The molecule has 1 saturated heterocycles. The number of halogens is 1. The largest absolute Gasteiger partial charge is 0.368 e. The molecule has 1 fully saturated rings. The molecule has 1 aliphatic heterocycles. The highest BCUT2D eigenvalue weighted by atomic mass is 19.1. The van der Waals surface area contributed by atoms with Crippen molar-refractivity contribution in [1.82, 2.24) is 14.7 Å². The lowest BCUT2D eigenvalue weighted by atomic mass is 10.1. The molecule has 1 unspecified atom stereocenters. The summed E-state index contributed by atoms with van der Waals surface area (Å²) >= 11 is 0. The van der Waals surface area contributed by atoms with E-state index in [-0.39, 0.29) is 30.2 Å². The topological polar surface area (TPSA) is 102 Å². The van der Waals surface area contributed by atoms with Crippen LogP contribution in [0.4, 0.5) is 10.1 Å². The molecule has 2 N–H and O–H groups in total. The molecular weight excluding hydrogens is 341 g/mol. The number of rotatable bonds is 3. The molecule has 136 valence electrons. The Balaban J connectivity index is 1.83. The molecular formula is C17H18FN5O3. The van der Waals surface area contributed by atoms with Gasteiger partial charge in [-0.3, -0.25) is 14.4 Å². The molecule has 9 heteroatoms. The van der Waals surface area contributed by atoms with E-state index in [1.165, 1.54) is 36.2 Å². The van der Waals surface area contributed by atoms with Gasteiger partial charge in [0.05, 0.1) is 0 Å². The molecule has 2 heterocycles. The van der Waals surface area contributed by atoms with Gasteiger partial charge in [-0.2, -0.15) is 5.10 Å². The first-order chi connectivity index (χ1) is 12.4. The fourth-order valence-electron chi connectivity index (χ4n) is 2.92. The average molecular weight is 359 g/mol. The van der Waals surface area contributed by atoms with Crippen molar-refractivity contribution in [2.75, 3.05) is 24.5 Å². The van der Waals surface area contributed by atoms with Crippen LogP contribution < -0.4 is 16.2 Å². The summed E-state index contributed by atoms with van der Waals surface area (Å²) in [6.07, 6.45) is 0. The Morgan fingerprint density at radius 3 is 2.46 bits per heavy atom. The van der Waals surface area contributed by atoms with E-state index in [1.54, 1.807) is 12.1 Å². The Bertz CT molecular complexity index is 896. The summed E-state index contributed by atoms with van der Waals surface area (Å²) in [5, 5.41) is 3.93. The monoisotopic (exact) mass is 359 g/mol. The zero-order valence-corrected chi connectivity index (χ0v) is 14.1. The number of hydrogen-bond donors (Lipinski definition) is 1. The third-order valence-corrected chi connectivity index (χ3v) is 4.34. The van der Waals surface area contributed by atoms with Gasteiger partial charge in [0.15, 0.2) is 0 Å². The smallest absolute Gasteiger partial charge is 0.275 e. The predicted octanol–water partition coefficient (Wildman–Crippen LogP) is -0.264. The van der Waals surface area contributed by atoms with Crippen LogP contribution in [0.5, 0.6) is 0 Å². The summed E-state index contributed by atoms with van der Waals surface area (Å²) in [5.74, 6) is -1.46. The highest BCUT2D eigenvalue weighted by Crippen LogP contribution is 2.20. The van der Waals surface area contributed by atoms with Gasteiger partial charge in [-0.25, -0.2) is 9.07 Å². The van der Waals surface area contributed by atoms with Crippen molar-refractivity contribution in [3.63, 3.8) is 0 Å². The summed E-state index contributed by atoms with van der Waals surface area (Å²) < 4.78 is 14.2. The summed E-state index contributed by atoms with van der Waals surface area (Å²) in [6, 6.07) is 7.60. The van der Waals surface area contributed by atoms with E-state index in [0.29, 0.717) is 6.54 Å². The fraction of sp³-hybridized carbons (Fsp3) is 0.294. The number of piperazine rings is 1. The van der Waals surface area contributed by atoms with E-state index in [1.807, 2.05) is 4.90 Å². The maximum atomic E-state index is 13.1. The molecule has 0 spiro atoms. The van der Waals surface area contributed by atoms with Gasteiger partial charge < -0.3 is 15.5 Å². The van der Waals surface area contributed by atoms with Crippen molar-refractivity contribution in [2.45, 2.75) is 6.04 Å². The summed E-state index contributed by atoms with van der Waals surface area (Å²) in [6.45, 7) is 0.889. The first-order valence-corrected chi connectivity index (χ1v) is 8.02. The highest BCUT2D eigenvalue weighted by molar-refractivity contribution is 5.96. The normalized spacial score (nSPS) is 17.2. The van der Waals surface area contributed by atoms with E-state index < -0.39 is 17.9 Å². The molecule has 2 amide bonds. The van der Waals surface area contributed by atoms with Gasteiger partial charge in [0.2, 0.25) is 5.91 Å². The number of carbonyl (C=O) groups excluding carboxylic acids is 2. The SMILES string of the molecule is Cn1nc(C(=O)N2CCN(c3ccc(F)cc3)CC2C(N)=O)ccc1=O. The number of aryl methyl sites for hydroxylation is 1. The number of carbonyl (C=O) groups is 2. The maximum Gasteiger partial charge on any atom is 0.275 e. The van der Waals surface area contributed by atoms with Crippen LogP contribution >= 0.6 is 0 Å². The summed E-state index contributed by atoms with van der Waals surface area (Å²) in [7, 11) is 1.44. The van der Waals surface area contributed by atoms with Crippen LogP contribution in [0.1, 0.15) is 10.5 Å². The molecule has 2 aromatic rings. The Labute approximate surface area is 148 Å². The molecule has 3 rings (SSSR count). The van der Waals surface area contributed by atoms with Gasteiger partial charge in [0, 0.05) is 38.4 Å². The zero-order chi connectivity index (χ0) is 18.8. The quantitative estimate of drug-likeness (QED) is 0.813. The second-order valence-electron chi connectivity index (χ2n) is 6.02. The minimum absolute atomic E-state index is 0.0635. The van der Waals surface area contributed by atoms with Crippen molar-refractivity contribution in [1.29, 1.82) is 0 Å². The lowest BCUT2D eigenvalue weighted by molar-refractivity contribution is -0.122. The van der Waals surface area contributed by atoms with Gasteiger partial charge in [0.25, 0.3) is 11.5 Å². The van der Waals surface area contributed by atoms with E-state index in [2.05, 4.69) is 5.10 Å². The van der Waals surface area contributed by atoms with Crippen LogP contribution in [0, 0.1) is 5.82 Å². The van der Waals surface area contributed by atoms with Gasteiger partial charge in [-0.05, 0) is 30.3 Å². The number of nitrogens with zero attached hydrogens (tertiary/aromatic N) is 4. The molecule has 0 radical (unpaired) electrons. The Morgan fingerprint density at radius 1 is 1.15 bits per heavy atom. The second-order valence-corrected chi connectivity index (χ2v) is 6.02. The standard InChI is InChI=1S/C17H18FN5O3/c1-21-15(24)7-6-13(20-21)17(26)23-9-8-22(10-14(23)16(19)25)12-4-2-11(18)3-5-12/h2-7,14H,8-10H2,1H3,(H2,19,25). The van der Waals surface area contributed by atoms with E-state index in [4.69, 9.17) is 5.73 Å². The molecule has 1 aliphatic rings. The molecule has 1 atom stereocenters. The summed E-state index contributed by atoms with van der Waals surface area (Å²) in [5.41, 5.74) is 5.96. The molecule has 26 heavy (non-hydrogen) atoms. The highest BCUT2D eigenvalue weighted by Gasteiger charge is 2.35. The molecule has 8 nitrogen and oxygen atoms in total. The van der Waals surface area contributed by atoms with Crippen molar-refractivity contribution in [3.05, 3.63) is 58.3 Å². The number of anilines is 1. The minimum Gasteiger partial charge on any atom is -0.368 e. The number of nitrogens with two attached hydrogens (primary N) is 1. The van der Waals surface area contributed by atoms with Crippen LogP contribution in [0.15, 0.2) is 41.2 Å².